The lowest BCUT2D eigenvalue weighted by Gasteiger charge is -2.22. The number of rotatable bonds is 7. The molecule has 0 atom stereocenters. The molecule has 3 heterocycles. The number of anilines is 2. The second-order valence-corrected chi connectivity index (χ2v) is 7.97. The molecule has 0 radical (unpaired) electrons. The quantitative estimate of drug-likeness (QED) is 0.598. The first-order chi connectivity index (χ1) is 15.2. The van der Waals surface area contributed by atoms with Gasteiger partial charge in [-0.05, 0) is 49.8 Å². The second-order valence-electron chi connectivity index (χ2n) is 7.97. The van der Waals surface area contributed by atoms with Crippen LogP contribution in [-0.2, 0) is 4.74 Å². The summed E-state index contributed by atoms with van der Waals surface area (Å²) in [6.07, 6.45) is 8.67. The van der Waals surface area contributed by atoms with Gasteiger partial charge in [-0.1, -0.05) is 0 Å². The summed E-state index contributed by atoms with van der Waals surface area (Å²) >= 11 is 0. The molecule has 7 nitrogen and oxygen atoms in total. The Labute approximate surface area is 178 Å². The summed E-state index contributed by atoms with van der Waals surface area (Å²) < 4.78 is 41.6. The Morgan fingerprint density at radius 3 is 2.71 bits per heavy atom. The Morgan fingerprint density at radius 2 is 1.94 bits per heavy atom. The third-order valence-corrected chi connectivity index (χ3v) is 5.54. The largest absolute Gasteiger partial charge is 0.490 e. The number of nitrogens with one attached hydrogen (secondary N) is 1. The number of halogens is 2. The predicted octanol–water partition coefficient (Wildman–Crippen LogP) is 4.50. The first-order valence-corrected chi connectivity index (χ1v) is 10.5. The van der Waals surface area contributed by atoms with Crippen LogP contribution in [0.5, 0.6) is 5.75 Å². The summed E-state index contributed by atoms with van der Waals surface area (Å²) in [5.41, 5.74) is 1.03. The number of nitrogens with zero attached hydrogens (tertiary/aromatic N) is 4. The Bertz CT molecular complexity index is 1060. The summed E-state index contributed by atoms with van der Waals surface area (Å²) in [5.74, 6) is -0.276. The van der Waals surface area contributed by atoms with Gasteiger partial charge in [-0.3, -0.25) is 4.68 Å². The molecule has 1 aliphatic carbocycles. The maximum Gasteiger partial charge on any atom is 0.228 e. The van der Waals surface area contributed by atoms with Crippen LogP contribution >= 0.6 is 0 Å². The maximum absolute atomic E-state index is 14.4. The van der Waals surface area contributed by atoms with E-state index in [0.29, 0.717) is 23.8 Å². The van der Waals surface area contributed by atoms with Crippen molar-refractivity contribution in [3.05, 3.63) is 48.4 Å². The van der Waals surface area contributed by atoms with Gasteiger partial charge in [0.2, 0.25) is 5.95 Å². The predicted molar refractivity (Wildman–Crippen MR) is 110 cm³/mol. The van der Waals surface area contributed by atoms with Crippen LogP contribution in [0.15, 0.2) is 36.8 Å². The molecule has 0 amide bonds. The Balaban J connectivity index is 1.32. The normalized spacial score (nSPS) is 17.0. The number of hydrogen-bond donors (Lipinski definition) is 1. The molecule has 1 aliphatic heterocycles. The lowest BCUT2D eigenvalue weighted by molar-refractivity contribution is 0.0662. The van der Waals surface area contributed by atoms with Crippen molar-refractivity contribution in [3.8, 4) is 17.0 Å². The molecule has 2 aromatic heterocycles. The molecule has 1 saturated heterocycles. The van der Waals surface area contributed by atoms with E-state index in [9.17, 15) is 8.78 Å². The molecule has 0 unspecified atom stereocenters. The summed E-state index contributed by atoms with van der Waals surface area (Å²) in [4.78, 5) is 8.26. The fraction of sp³-hybridized carbons (Fsp3) is 0.409. The lowest BCUT2D eigenvalue weighted by Crippen LogP contribution is -2.19. The SMILES string of the molecule is Fc1cc(-c2nc(Nc3cnn(C4CCOCC4)c3)ncc2F)ccc1OCC1CC1. The van der Waals surface area contributed by atoms with Gasteiger partial charge in [-0.15, -0.1) is 0 Å². The number of aromatic nitrogens is 4. The van der Waals surface area contributed by atoms with Crippen LogP contribution in [0, 0.1) is 17.6 Å². The van der Waals surface area contributed by atoms with Crippen molar-refractivity contribution in [2.45, 2.75) is 31.7 Å². The Hall–Kier alpha value is -3.07. The van der Waals surface area contributed by atoms with Crippen molar-refractivity contribution in [2.75, 3.05) is 25.1 Å². The average molecular weight is 427 g/mol. The van der Waals surface area contributed by atoms with Gasteiger partial charge in [0.15, 0.2) is 17.4 Å². The molecule has 162 valence electrons. The molecule has 1 N–H and O–H groups in total. The van der Waals surface area contributed by atoms with Gasteiger partial charge in [0.05, 0.1) is 30.7 Å². The van der Waals surface area contributed by atoms with Crippen molar-refractivity contribution in [3.63, 3.8) is 0 Å². The van der Waals surface area contributed by atoms with Crippen LogP contribution in [-0.4, -0.2) is 39.6 Å². The Kier molecular flexibility index (Phi) is 5.50. The fourth-order valence-corrected chi connectivity index (χ4v) is 3.57. The zero-order valence-electron chi connectivity index (χ0n) is 16.9. The van der Waals surface area contributed by atoms with Crippen molar-refractivity contribution in [2.24, 2.45) is 5.92 Å². The van der Waals surface area contributed by atoms with E-state index >= 15 is 0 Å². The van der Waals surface area contributed by atoms with E-state index in [2.05, 4.69) is 20.4 Å². The van der Waals surface area contributed by atoms with Gasteiger partial charge in [-0.25, -0.2) is 18.7 Å². The molecule has 2 fully saturated rings. The van der Waals surface area contributed by atoms with E-state index < -0.39 is 11.6 Å². The van der Waals surface area contributed by atoms with E-state index in [1.807, 2.05) is 10.9 Å². The molecular formula is C22H23F2N5O2. The minimum absolute atomic E-state index is 0.0157. The van der Waals surface area contributed by atoms with E-state index in [4.69, 9.17) is 9.47 Å². The first kappa shape index (κ1) is 19.9. The highest BCUT2D eigenvalue weighted by molar-refractivity contribution is 5.63. The van der Waals surface area contributed by atoms with Crippen molar-refractivity contribution >= 4 is 11.6 Å². The van der Waals surface area contributed by atoms with Crippen molar-refractivity contribution < 1.29 is 18.3 Å². The number of hydrogen-bond acceptors (Lipinski definition) is 6. The van der Waals surface area contributed by atoms with E-state index in [-0.39, 0.29) is 23.4 Å². The smallest absolute Gasteiger partial charge is 0.228 e. The highest BCUT2D eigenvalue weighted by Gasteiger charge is 2.23. The van der Waals surface area contributed by atoms with E-state index in [0.717, 1.165) is 45.1 Å². The van der Waals surface area contributed by atoms with Crippen LogP contribution < -0.4 is 10.1 Å². The summed E-state index contributed by atoms with van der Waals surface area (Å²) in [6.45, 7) is 1.95. The highest BCUT2D eigenvalue weighted by Crippen LogP contribution is 2.32. The van der Waals surface area contributed by atoms with E-state index in [1.54, 1.807) is 12.3 Å². The summed E-state index contributed by atoms with van der Waals surface area (Å²) in [6, 6.07) is 4.64. The minimum Gasteiger partial charge on any atom is -0.490 e. The number of ether oxygens (including phenoxy) is 2. The van der Waals surface area contributed by atoms with Crippen LogP contribution in [0.4, 0.5) is 20.4 Å². The number of benzene rings is 1. The summed E-state index contributed by atoms with van der Waals surface area (Å²) in [7, 11) is 0. The first-order valence-electron chi connectivity index (χ1n) is 10.5. The second kappa shape index (κ2) is 8.58. The van der Waals surface area contributed by atoms with Crippen LogP contribution in [0.2, 0.25) is 0 Å². The zero-order chi connectivity index (χ0) is 21.2. The van der Waals surface area contributed by atoms with Crippen LogP contribution in [0.25, 0.3) is 11.3 Å². The lowest BCUT2D eigenvalue weighted by atomic mass is 10.1. The molecule has 1 aromatic carbocycles. The van der Waals surface area contributed by atoms with Gasteiger partial charge >= 0.3 is 0 Å². The molecule has 9 heteroatoms. The molecule has 0 spiro atoms. The van der Waals surface area contributed by atoms with E-state index in [1.165, 1.54) is 12.1 Å². The molecule has 5 rings (SSSR count). The highest BCUT2D eigenvalue weighted by atomic mass is 19.1. The third kappa shape index (κ3) is 4.66. The van der Waals surface area contributed by atoms with Crippen LogP contribution in [0.1, 0.15) is 31.7 Å². The fourth-order valence-electron chi connectivity index (χ4n) is 3.57. The Morgan fingerprint density at radius 1 is 1.10 bits per heavy atom. The zero-order valence-corrected chi connectivity index (χ0v) is 16.9. The molecule has 3 aromatic rings. The summed E-state index contributed by atoms with van der Waals surface area (Å²) in [5, 5.41) is 7.44. The molecular weight excluding hydrogens is 404 g/mol. The van der Waals surface area contributed by atoms with Gasteiger partial charge < -0.3 is 14.8 Å². The molecule has 2 aliphatic rings. The van der Waals surface area contributed by atoms with Gasteiger partial charge in [0, 0.05) is 25.0 Å². The van der Waals surface area contributed by atoms with Crippen LogP contribution in [0.3, 0.4) is 0 Å². The molecule has 31 heavy (non-hydrogen) atoms. The van der Waals surface area contributed by atoms with Gasteiger partial charge in [-0.2, -0.15) is 5.10 Å². The monoisotopic (exact) mass is 427 g/mol. The minimum atomic E-state index is -0.630. The standard InChI is InChI=1S/C22H23F2N5O2/c23-18-9-15(3-4-20(18)31-13-14-1-2-14)21-19(24)11-25-22(28-21)27-16-10-26-29(12-16)17-5-7-30-8-6-17/h3-4,9-12,14,17H,1-2,5-8,13H2,(H,25,27,28). The molecule has 1 saturated carbocycles. The topological polar surface area (TPSA) is 74.1 Å². The third-order valence-electron chi connectivity index (χ3n) is 5.54. The van der Waals surface area contributed by atoms with Gasteiger partial charge in [0.25, 0.3) is 0 Å². The van der Waals surface area contributed by atoms with Gasteiger partial charge in [0.1, 0.15) is 5.69 Å². The van der Waals surface area contributed by atoms with Crippen molar-refractivity contribution in [1.29, 1.82) is 0 Å². The maximum atomic E-state index is 14.4. The average Bonchev–Trinajstić information content (AvgIpc) is 3.51. The van der Waals surface area contributed by atoms with Crippen molar-refractivity contribution in [1.82, 2.24) is 19.7 Å². The molecule has 0 bridgehead atoms.